The molecule has 2 amide bonds. The minimum absolute atomic E-state index is 0.0255. The molecule has 1 saturated carbocycles. The molecule has 0 radical (unpaired) electrons. The standard InChI is InChI=1S/C22H23F4N3O2S/c1-21(2,31)13-10-32-15(17(13)23)8-9-27-20(30)29-18-12-4-3-5-14(12)28-19(22(24,25)26)16(18)11-6-7-11/h9-11,31H,3-8H2,1-2H3,(H,28,29,30)/b27-9+. The SMILES string of the molecule is CC(C)(O)c1csc(C/C=N/C(=O)Nc2c3c(nc(C(F)(F)F)c2C2CC2)CCC3)c1F. The average Bonchev–Trinajstić information content (AvgIpc) is 3.27. The van der Waals surface area contributed by atoms with Crippen molar-refractivity contribution in [1.29, 1.82) is 0 Å². The molecule has 2 heterocycles. The molecule has 0 spiro atoms. The maximum atomic E-state index is 14.4. The lowest BCUT2D eigenvalue weighted by Crippen LogP contribution is -2.19. The van der Waals surface area contributed by atoms with Gasteiger partial charge in [-0.1, -0.05) is 0 Å². The number of aliphatic hydroxyl groups is 1. The van der Waals surface area contributed by atoms with Gasteiger partial charge in [-0.25, -0.2) is 19.2 Å². The number of aryl methyl sites for hydroxylation is 1. The van der Waals surface area contributed by atoms with Crippen LogP contribution in [0.2, 0.25) is 0 Å². The van der Waals surface area contributed by atoms with Gasteiger partial charge in [0.25, 0.3) is 0 Å². The first-order valence-corrected chi connectivity index (χ1v) is 11.3. The zero-order chi connectivity index (χ0) is 23.3. The first-order chi connectivity index (χ1) is 15.0. The fraction of sp³-hybridized carbons (Fsp3) is 0.500. The molecule has 172 valence electrons. The summed E-state index contributed by atoms with van der Waals surface area (Å²) < 4.78 is 55.5. The van der Waals surface area contributed by atoms with E-state index < -0.39 is 29.3 Å². The summed E-state index contributed by atoms with van der Waals surface area (Å²) >= 11 is 1.10. The third kappa shape index (κ3) is 4.56. The second-order valence-electron chi connectivity index (χ2n) is 8.69. The quantitative estimate of drug-likeness (QED) is 0.433. The van der Waals surface area contributed by atoms with Gasteiger partial charge in [-0.05, 0) is 57.4 Å². The van der Waals surface area contributed by atoms with E-state index in [9.17, 15) is 27.5 Å². The van der Waals surface area contributed by atoms with Crippen LogP contribution in [0.25, 0.3) is 0 Å². The molecule has 0 aromatic carbocycles. The molecule has 0 saturated heterocycles. The normalized spacial score (nSPS) is 16.6. The van der Waals surface area contributed by atoms with Crippen molar-refractivity contribution in [3.05, 3.63) is 44.2 Å². The number of urea groups is 1. The Hall–Kier alpha value is -2.33. The molecule has 2 aliphatic rings. The summed E-state index contributed by atoms with van der Waals surface area (Å²) in [5.41, 5.74) is -0.804. The van der Waals surface area contributed by atoms with Gasteiger partial charge in [0.05, 0.1) is 11.3 Å². The van der Waals surface area contributed by atoms with Gasteiger partial charge in [0, 0.05) is 39.7 Å². The molecule has 0 unspecified atom stereocenters. The number of alkyl halides is 3. The van der Waals surface area contributed by atoms with E-state index in [4.69, 9.17) is 0 Å². The van der Waals surface area contributed by atoms with Gasteiger partial charge in [-0.15, -0.1) is 11.3 Å². The number of carbonyl (C=O) groups is 1. The van der Waals surface area contributed by atoms with Crippen LogP contribution in [0.3, 0.4) is 0 Å². The number of aromatic nitrogens is 1. The lowest BCUT2D eigenvalue weighted by Gasteiger charge is -2.19. The van der Waals surface area contributed by atoms with Crippen molar-refractivity contribution in [2.24, 2.45) is 4.99 Å². The summed E-state index contributed by atoms with van der Waals surface area (Å²) in [4.78, 5) is 20.5. The lowest BCUT2D eigenvalue weighted by molar-refractivity contribution is -0.141. The number of aliphatic imine (C=N–C) groups is 1. The molecular formula is C22H23F4N3O2S. The molecular weight excluding hydrogens is 446 g/mol. The number of fused-ring (bicyclic) bond motifs is 1. The first kappa shape index (κ1) is 22.8. The van der Waals surface area contributed by atoms with Gasteiger partial charge < -0.3 is 10.4 Å². The second-order valence-corrected chi connectivity index (χ2v) is 9.66. The highest BCUT2D eigenvalue weighted by Crippen LogP contribution is 2.50. The highest BCUT2D eigenvalue weighted by molar-refractivity contribution is 7.10. The van der Waals surface area contributed by atoms with E-state index in [0.29, 0.717) is 48.2 Å². The van der Waals surface area contributed by atoms with Crippen molar-refractivity contribution in [3.63, 3.8) is 0 Å². The minimum Gasteiger partial charge on any atom is -0.386 e. The van der Waals surface area contributed by atoms with Gasteiger partial charge in [0.1, 0.15) is 11.5 Å². The van der Waals surface area contributed by atoms with E-state index in [1.54, 1.807) is 0 Å². The Bertz CT molecular complexity index is 1080. The Morgan fingerprint density at radius 2 is 2.06 bits per heavy atom. The monoisotopic (exact) mass is 469 g/mol. The predicted octanol–water partition coefficient (Wildman–Crippen LogP) is 5.74. The number of nitrogens with one attached hydrogen (secondary N) is 1. The van der Waals surface area contributed by atoms with Crippen molar-refractivity contribution >= 4 is 29.3 Å². The maximum Gasteiger partial charge on any atom is 0.433 e. The summed E-state index contributed by atoms with van der Waals surface area (Å²) in [7, 11) is 0. The van der Waals surface area contributed by atoms with Crippen LogP contribution >= 0.6 is 11.3 Å². The van der Waals surface area contributed by atoms with Crippen molar-refractivity contribution in [1.82, 2.24) is 4.98 Å². The fourth-order valence-electron chi connectivity index (χ4n) is 4.01. The van der Waals surface area contributed by atoms with Crippen LogP contribution in [0.4, 0.5) is 28.0 Å². The molecule has 2 aromatic rings. The third-order valence-corrected chi connectivity index (χ3v) is 6.68. The van der Waals surface area contributed by atoms with Gasteiger partial charge >= 0.3 is 12.2 Å². The van der Waals surface area contributed by atoms with Crippen LogP contribution in [0, 0.1) is 5.82 Å². The Balaban J connectivity index is 1.56. The highest BCUT2D eigenvalue weighted by Gasteiger charge is 2.43. The van der Waals surface area contributed by atoms with Crippen molar-refractivity contribution in [2.45, 2.75) is 70.1 Å². The van der Waals surface area contributed by atoms with E-state index in [-0.39, 0.29) is 29.2 Å². The smallest absolute Gasteiger partial charge is 0.386 e. The minimum atomic E-state index is -4.60. The highest BCUT2D eigenvalue weighted by atomic mass is 32.1. The number of amides is 2. The predicted molar refractivity (Wildman–Crippen MR) is 114 cm³/mol. The molecule has 4 rings (SSSR count). The average molecular weight is 470 g/mol. The van der Waals surface area contributed by atoms with Crippen molar-refractivity contribution < 1.29 is 27.5 Å². The van der Waals surface area contributed by atoms with Crippen LogP contribution in [0.15, 0.2) is 10.4 Å². The van der Waals surface area contributed by atoms with E-state index >= 15 is 0 Å². The molecule has 32 heavy (non-hydrogen) atoms. The van der Waals surface area contributed by atoms with Crippen LogP contribution < -0.4 is 5.32 Å². The van der Waals surface area contributed by atoms with E-state index in [0.717, 1.165) is 11.3 Å². The van der Waals surface area contributed by atoms with E-state index in [2.05, 4.69) is 15.3 Å². The van der Waals surface area contributed by atoms with E-state index in [1.807, 2.05) is 0 Å². The summed E-state index contributed by atoms with van der Waals surface area (Å²) in [6.07, 6.45) is -0.433. The van der Waals surface area contributed by atoms with Crippen molar-refractivity contribution in [3.8, 4) is 0 Å². The zero-order valence-corrected chi connectivity index (χ0v) is 18.5. The van der Waals surface area contributed by atoms with Crippen LogP contribution in [-0.2, 0) is 31.0 Å². The summed E-state index contributed by atoms with van der Waals surface area (Å²) in [6, 6.07) is -0.806. The van der Waals surface area contributed by atoms with E-state index in [1.165, 1.54) is 25.4 Å². The number of halogens is 4. The number of hydrogen-bond donors (Lipinski definition) is 2. The number of anilines is 1. The molecule has 2 aliphatic carbocycles. The molecule has 2 aromatic heterocycles. The van der Waals surface area contributed by atoms with Gasteiger partial charge in [-0.3, -0.25) is 0 Å². The Labute approximate surface area is 186 Å². The Morgan fingerprint density at radius 3 is 2.66 bits per heavy atom. The van der Waals surface area contributed by atoms with Gasteiger partial charge in [0.2, 0.25) is 0 Å². The largest absolute Gasteiger partial charge is 0.433 e. The molecule has 0 atom stereocenters. The van der Waals surface area contributed by atoms with Crippen molar-refractivity contribution in [2.75, 3.05) is 5.32 Å². The molecule has 5 nitrogen and oxygen atoms in total. The summed E-state index contributed by atoms with van der Waals surface area (Å²) in [6.45, 7) is 2.95. The third-order valence-electron chi connectivity index (χ3n) is 5.69. The number of hydrogen-bond acceptors (Lipinski definition) is 4. The first-order valence-electron chi connectivity index (χ1n) is 10.4. The number of rotatable bonds is 5. The van der Waals surface area contributed by atoms with Crippen LogP contribution in [0.5, 0.6) is 0 Å². The lowest BCUT2D eigenvalue weighted by atomic mass is 10.00. The number of pyridine rings is 1. The molecule has 1 fully saturated rings. The van der Waals surface area contributed by atoms with Gasteiger partial charge in [0.15, 0.2) is 0 Å². The van der Waals surface area contributed by atoms with Crippen LogP contribution in [-0.4, -0.2) is 22.3 Å². The molecule has 2 N–H and O–H groups in total. The fourth-order valence-corrected chi connectivity index (χ4v) is 5.05. The number of carbonyl (C=O) groups excluding carboxylic acids is 1. The van der Waals surface area contributed by atoms with Gasteiger partial charge in [-0.2, -0.15) is 13.2 Å². The maximum absolute atomic E-state index is 14.4. The second kappa shape index (κ2) is 8.22. The topological polar surface area (TPSA) is 74.6 Å². The molecule has 10 heteroatoms. The molecule has 0 bridgehead atoms. The zero-order valence-electron chi connectivity index (χ0n) is 17.6. The number of nitrogens with zero attached hydrogens (tertiary/aromatic N) is 2. The summed E-state index contributed by atoms with van der Waals surface area (Å²) in [5.74, 6) is -0.822. The Kier molecular flexibility index (Phi) is 5.87. The molecule has 0 aliphatic heterocycles. The van der Waals surface area contributed by atoms with Crippen LogP contribution in [0.1, 0.15) is 72.0 Å². The Morgan fingerprint density at radius 1 is 1.34 bits per heavy atom. The number of thiophene rings is 1. The summed E-state index contributed by atoms with van der Waals surface area (Å²) in [5, 5.41) is 14.1.